The highest BCUT2D eigenvalue weighted by molar-refractivity contribution is 9.10. The van der Waals surface area contributed by atoms with Gasteiger partial charge in [0, 0.05) is 10.7 Å². The summed E-state index contributed by atoms with van der Waals surface area (Å²) in [6, 6.07) is 9.81. The Hall–Kier alpha value is -1.46. The van der Waals surface area contributed by atoms with Crippen LogP contribution < -0.4 is 4.74 Å². The normalized spacial score (nSPS) is 10.6. The molecule has 0 radical (unpaired) electrons. The molecule has 3 aromatic rings. The molecule has 3 nitrogen and oxygen atoms in total. The summed E-state index contributed by atoms with van der Waals surface area (Å²) in [7, 11) is 0. The summed E-state index contributed by atoms with van der Waals surface area (Å²) in [5.41, 5.74) is 0.954. The third-order valence-corrected chi connectivity index (χ3v) is 3.51. The van der Waals surface area contributed by atoms with Crippen LogP contribution in [0.2, 0.25) is 0 Å². The molecule has 0 saturated heterocycles. The maximum Gasteiger partial charge on any atom is 0.279 e. The predicted molar refractivity (Wildman–Crippen MR) is 71.6 cm³/mol. The van der Waals surface area contributed by atoms with E-state index in [2.05, 4.69) is 25.9 Å². The van der Waals surface area contributed by atoms with Crippen molar-refractivity contribution < 1.29 is 4.74 Å². The quantitative estimate of drug-likeness (QED) is 0.710. The van der Waals surface area contributed by atoms with Crippen molar-refractivity contribution in [3.63, 3.8) is 0 Å². The van der Waals surface area contributed by atoms with Crippen LogP contribution in [0.5, 0.6) is 10.9 Å². The molecular weight excluding hydrogens is 300 g/mol. The van der Waals surface area contributed by atoms with Crippen LogP contribution in [0.1, 0.15) is 0 Å². The molecule has 0 aliphatic carbocycles. The first-order valence-corrected chi connectivity index (χ1v) is 6.56. The van der Waals surface area contributed by atoms with Gasteiger partial charge in [0.2, 0.25) is 0 Å². The summed E-state index contributed by atoms with van der Waals surface area (Å²) >= 11 is 4.87. The number of hydrogen-bond donors (Lipinski definition) is 0. The van der Waals surface area contributed by atoms with Crippen molar-refractivity contribution >= 4 is 37.5 Å². The summed E-state index contributed by atoms with van der Waals surface area (Å²) in [5.74, 6) is 0.679. The maximum atomic E-state index is 5.66. The van der Waals surface area contributed by atoms with Crippen LogP contribution in [-0.2, 0) is 0 Å². The van der Waals surface area contributed by atoms with E-state index in [9.17, 15) is 0 Å². The molecule has 0 unspecified atom stereocenters. The third kappa shape index (κ3) is 2.30. The standard InChI is InChI=1S/C12H7BrN2OS/c13-8-5-9(7-14-6-8)16-12-15-10-3-1-2-4-11(10)17-12/h1-7H. The molecule has 2 heterocycles. The second-order valence-corrected chi connectivity index (χ2v) is 5.30. The van der Waals surface area contributed by atoms with Gasteiger partial charge in [-0.25, -0.2) is 4.98 Å². The van der Waals surface area contributed by atoms with E-state index < -0.39 is 0 Å². The number of thiazole rings is 1. The molecule has 0 N–H and O–H groups in total. The second-order valence-electron chi connectivity index (χ2n) is 3.39. The Balaban J connectivity index is 1.94. The molecule has 0 bridgehead atoms. The average molecular weight is 307 g/mol. The minimum atomic E-state index is 0.631. The fraction of sp³-hybridized carbons (Fsp3) is 0. The van der Waals surface area contributed by atoms with Crippen molar-refractivity contribution in [2.24, 2.45) is 0 Å². The minimum Gasteiger partial charge on any atom is -0.429 e. The van der Waals surface area contributed by atoms with E-state index in [1.54, 1.807) is 12.4 Å². The lowest BCUT2D eigenvalue weighted by molar-refractivity contribution is 0.477. The van der Waals surface area contributed by atoms with Gasteiger partial charge in [-0.2, -0.15) is 0 Å². The minimum absolute atomic E-state index is 0.631. The zero-order chi connectivity index (χ0) is 11.7. The Labute approximate surface area is 110 Å². The van der Waals surface area contributed by atoms with Crippen molar-refractivity contribution in [1.29, 1.82) is 0 Å². The number of aromatic nitrogens is 2. The molecule has 0 aliphatic rings. The zero-order valence-corrected chi connectivity index (χ0v) is 11.0. The summed E-state index contributed by atoms with van der Waals surface area (Å²) in [6.45, 7) is 0. The van der Waals surface area contributed by atoms with E-state index in [-0.39, 0.29) is 0 Å². The van der Waals surface area contributed by atoms with Crippen molar-refractivity contribution in [3.05, 3.63) is 47.2 Å². The number of ether oxygens (including phenoxy) is 1. The van der Waals surface area contributed by atoms with Gasteiger partial charge in [0.05, 0.1) is 16.4 Å². The summed E-state index contributed by atoms with van der Waals surface area (Å²) < 4.78 is 7.66. The van der Waals surface area contributed by atoms with E-state index in [4.69, 9.17) is 4.74 Å². The van der Waals surface area contributed by atoms with Crippen LogP contribution in [0.3, 0.4) is 0 Å². The van der Waals surface area contributed by atoms with Crippen LogP contribution in [0.15, 0.2) is 47.2 Å². The monoisotopic (exact) mass is 306 g/mol. The van der Waals surface area contributed by atoms with Crippen LogP contribution in [0, 0.1) is 0 Å². The Bertz CT molecular complexity index is 635. The third-order valence-electron chi connectivity index (χ3n) is 2.16. The first kappa shape index (κ1) is 10.7. The lowest BCUT2D eigenvalue weighted by atomic mass is 10.3. The number of rotatable bonds is 2. The highest BCUT2D eigenvalue weighted by atomic mass is 79.9. The number of para-hydroxylation sites is 1. The largest absolute Gasteiger partial charge is 0.429 e. The number of pyridine rings is 1. The predicted octanol–water partition coefficient (Wildman–Crippen LogP) is 4.25. The van der Waals surface area contributed by atoms with Gasteiger partial charge in [-0.15, -0.1) is 0 Å². The SMILES string of the molecule is Brc1cncc(Oc2nc3ccccc3s2)c1. The average Bonchev–Trinajstić information content (AvgIpc) is 2.71. The maximum absolute atomic E-state index is 5.66. The highest BCUT2D eigenvalue weighted by Gasteiger charge is 2.05. The molecule has 17 heavy (non-hydrogen) atoms. The van der Waals surface area contributed by atoms with Gasteiger partial charge in [0.15, 0.2) is 0 Å². The van der Waals surface area contributed by atoms with Crippen molar-refractivity contribution in [1.82, 2.24) is 9.97 Å². The molecule has 84 valence electrons. The molecule has 3 rings (SSSR count). The Morgan fingerprint density at radius 2 is 2.06 bits per heavy atom. The molecule has 0 saturated carbocycles. The molecule has 0 aliphatic heterocycles. The topological polar surface area (TPSA) is 35.0 Å². The van der Waals surface area contributed by atoms with Crippen molar-refractivity contribution in [2.75, 3.05) is 0 Å². The fourth-order valence-corrected chi connectivity index (χ4v) is 2.62. The number of benzene rings is 1. The zero-order valence-electron chi connectivity index (χ0n) is 8.63. The molecular formula is C12H7BrN2OS. The summed E-state index contributed by atoms with van der Waals surface area (Å²) in [4.78, 5) is 8.43. The van der Waals surface area contributed by atoms with Gasteiger partial charge in [0.1, 0.15) is 5.75 Å². The molecule has 0 fully saturated rings. The molecule has 0 amide bonds. The number of hydrogen-bond acceptors (Lipinski definition) is 4. The van der Waals surface area contributed by atoms with E-state index in [0.717, 1.165) is 14.7 Å². The Kier molecular flexibility index (Phi) is 2.78. The van der Waals surface area contributed by atoms with Crippen LogP contribution in [0.25, 0.3) is 10.2 Å². The van der Waals surface area contributed by atoms with E-state index >= 15 is 0 Å². The van der Waals surface area contributed by atoms with Gasteiger partial charge in [-0.3, -0.25) is 4.98 Å². The van der Waals surface area contributed by atoms with Gasteiger partial charge in [0.25, 0.3) is 5.19 Å². The second kappa shape index (κ2) is 4.43. The molecule has 5 heteroatoms. The highest BCUT2D eigenvalue weighted by Crippen LogP contribution is 2.31. The van der Waals surface area contributed by atoms with E-state index in [1.807, 2.05) is 30.3 Å². The fourth-order valence-electron chi connectivity index (χ4n) is 1.44. The van der Waals surface area contributed by atoms with Crippen molar-refractivity contribution in [2.45, 2.75) is 0 Å². The lowest BCUT2D eigenvalue weighted by Gasteiger charge is -2.00. The van der Waals surface area contributed by atoms with Crippen molar-refractivity contribution in [3.8, 4) is 10.9 Å². The Morgan fingerprint density at radius 3 is 2.88 bits per heavy atom. The van der Waals surface area contributed by atoms with Gasteiger partial charge < -0.3 is 4.74 Å². The first-order chi connectivity index (χ1) is 8.31. The smallest absolute Gasteiger partial charge is 0.279 e. The van der Waals surface area contributed by atoms with E-state index in [0.29, 0.717) is 10.9 Å². The first-order valence-electron chi connectivity index (χ1n) is 4.95. The Morgan fingerprint density at radius 1 is 1.18 bits per heavy atom. The van der Waals surface area contributed by atoms with Gasteiger partial charge in [-0.1, -0.05) is 23.5 Å². The van der Waals surface area contributed by atoms with Crippen LogP contribution >= 0.6 is 27.3 Å². The summed E-state index contributed by atoms with van der Waals surface area (Å²) in [6.07, 6.45) is 3.38. The molecule has 2 aromatic heterocycles. The van der Waals surface area contributed by atoms with Crippen LogP contribution in [-0.4, -0.2) is 9.97 Å². The number of halogens is 1. The number of nitrogens with zero attached hydrogens (tertiary/aromatic N) is 2. The molecule has 1 aromatic carbocycles. The molecule has 0 atom stereocenters. The van der Waals surface area contributed by atoms with Crippen LogP contribution in [0.4, 0.5) is 0 Å². The van der Waals surface area contributed by atoms with E-state index in [1.165, 1.54) is 11.3 Å². The van der Waals surface area contributed by atoms with Gasteiger partial charge >= 0.3 is 0 Å². The number of fused-ring (bicyclic) bond motifs is 1. The van der Waals surface area contributed by atoms with Gasteiger partial charge in [-0.05, 0) is 34.1 Å². The molecule has 0 spiro atoms. The summed E-state index contributed by atoms with van der Waals surface area (Å²) in [5, 5.41) is 0.631. The lowest BCUT2D eigenvalue weighted by Crippen LogP contribution is -1.83.